The van der Waals surface area contributed by atoms with Crippen LogP contribution in [-0.4, -0.2) is 6.29 Å². The fourth-order valence-corrected chi connectivity index (χ4v) is 4.06. The van der Waals surface area contributed by atoms with Crippen LogP contribution in [0.3, 0.4) is 0 Å². The quantitative estimate of drug-likeness (QED) is 0.545. The van der Waals surface area contributed by atoms with E-state index in [9.17, 15) is 18.0 Å². The first-order valence-electron chi connectivity index (χ1n) is 9.27. The van der Waals surface area contributed by atoms with Crippen molar-refractivity contribution < 1.29 is 18.0 Å². The van der Waals surface area contributed by atoms with Gasteiger partial charge in [0.1, 0.15) is 17.5 Å². The Labute approximate surface area is 152 Å². The van der Waals surface area contributed by atoms with Crippen molar-refractivity contribution in [1.82, 2.24) is 0 Å². The molecule has 0 radical (unpaired) electrons. The average Bonchev–Trinajstić information content (AvgIpc) is 2.62. The molecule has 0 heterocycles. The summed E-state index contributed by atoms with van der Waals surface area (Å²) in [6.45, 7) is 2.20. The second kappa shape index (κ2) is 8.07. The van der Waals surface area contributed by atoms with Gasteiger partial charge in [0.2, 0.25) is 0 Å². The molecule has 138 valence electrons. The topological polar surface area (TPSA) is 17.1 Å². The van der Waals surface area contributed by atoms with Crippen LogP contribution >= 0.6 is 0 Å². The fourth-order valence-electron chi connectivity index (χ4n) is 4.06. The van der Waals surface area contributed by atoms with E-state index >= 15 is 0 Å². The molecule has 1 aliphatic rings. The molecule has 0 saturated heterocycles. The normalized spacial score (nSPS) is 20.2. The summed E-state index contributed by atoms with van der Waals surface area (Å²) in [6, 6.07) is 6.93. The number of hydrogen-bond acceptors (Lipinski definition) is 1. The van der Waals surface area contributed by atoms with E-state index < -0.39 is 23.0 Å². The SMILES string of the molecule is CCCC1CCC(c2ccc(-c3cc(F)c(C=O)c(F)c3)c(F)c2)CC1. The summed E-state index contributed by atoms with van der Waals surface area (Å²) in [4.78, 5) is 10.7. The zero-order chi connectivity index (χ0) is 18.7. The van der Waals surface area contributed by atoms with Gasteiger partial charge in [-0.3, -0.25) is 4.79 Å². The van der Waals surface area contributed by atoms with Gasteiger partial charge in [-0.25, -0.2) is 13.2 Å². The highest BCUT2D eigenvalue weighted by Gasteiger charge is 2.23. The molecule has 0 atom stereocenters. The summed E-state index contributed by atoms with van der Waals surface area (Å²) < 4.78 is 42.2. The highest BCUT2D eigenvalue weighted by atomic mass is 19.1. The second-order valence-electron chi connectivity index (χ2n) is 7.22. The van der Waals surface area contributed by atoms with Gasteiger partial charge in [-0.05, 0) is 66.8 Å². The lowest BCUT2D eigenvalue weighted by Crippen LogP contribution is -2.13. The third kappa shape index (κ3) is 3.84. The van der Waals surface area contributed by atoms with Crippen LogP contribution < -0.4 is 0 Å². The zero-order valence-corrected chi connectivity index (χ0v) is 14.9. The molecule has 4 heteroatoms. The van der Waals surface area contributed by atoms with Gasteiger partial charge in [0, 0.05) is 5.56 Å². The van der Waals surface area contributed by atoms with E-state index in [-0.39, 0.29) is 17.4 Å². The molecule has 1 fully saturated rings. The molecule has 0 amide bonds. The van der Waals surface area contributed by atoms with Crippen LogP contribution in [0.1, 0.15) is 67.3 Å². The number of hydrogen-bond donors (Lipinski definition) is 0. The molecule has 1 nitrogen and oxygen atoms in total. The van der Waals surface area contributed by atoms with Gasteiger partial charge in [0.15, 0.2) is 6.29 Å². The maximum atomic E-state index is 14.6. The minimum absolute atomic E-state index is 0.0984. The summed E-state index contributed by atoms with van der Waals surface area (Å²) in [6.07, 6.45) is 7.05. The Kier molecular flexibility index (Phi) is 5.80. The Morgan fingerprint density at radius 2 is 1.62 bits per heavy atom. The van der Waals surface area contributed by atoms with E-state index in [1.54, 1.807) is 6.07 Å². The third-order valence-corrected chi connectivity index (χ3v) is 5.52. The number of rotatable bonds is 5. The lowest BCUT2D eigenvalue weighted by Gasteiger charge is -2.28. The smallest absolute Gasteiger partial charge is 0.155 e. The second-order valence-corrected chi connectivity index (χ2v) is 7.22. The third-order valence-electron chi connectivity index (χ3n) is 5.52. The first kappa shape index (κ1) is 18.7. The summed E-state index contributed by atoms with van der Waals surface area (Å²) in [5.41, 5.74) is 0.561. The number of carbonyl (C=O) groups is 1. The standard InChI is InChI=1S/C22H23F3O/c1-2-3-14-4-6-15(7-5-14)16-8-9-18(20(23)10-16)17-11-21(24)19(13-26)22(25)12-17/h8-15H,2-7H2,1H3. The molecule has 0 unspecified atom stereocenters. The summed E-state index contributed by atoms with van der Waals surface area (Å²) in [5.74, 6) is -1.32. The lowest BCUT2D eigenvalue weighted by molar-refractivity contribution is 0.111. The van der Waals surface area contributed by atoms with Crippen molar-refractivity contribution in [3.8, 4) is 11.1 Å². The van der Waals surface area contributed by atoms with Crippen LogP contribution in [0.25, 0.3) is 11.1 Å². The minimum atomic E-state index is -0.979. The van der Waals surface area contributed by atoms with Crippen LogP contribution in [0, 0.1) is 23.4 Å². The van der Waals surface area contributed by atoms with Crippen molar-refractivity contribution in [2.45, 2.75) is 51.4 Å². The first-order valence-corrected chi connectivity index (χ1v) is 9.27. The predicted molar refractivity (Wildman–Crippen MR) is 96.7 cm³/mol. The Morgan fingerprint density at radius 1 is 0.962 bits per heavy atom. The van der Waals surface area contributed by atoms with E-state index in [2.05, 4.69) is 6.92 Å². The lowest BCUT2D eigenvalue weighted by atomic mass is 9.77. The molecule has 0 bridgehead atoms. The summed E-state index contributed by atoms with van der Waals surface area (Å²) >= 11 is 0. The van der Waals surface area contributed by atoms with Gasteiger partial charge in [-0.2, -0.15) is 0 Å². The molecule has 0 aromatic heterocycles. The molecule has 2 aromatic carbocycles. The molecule has 1 aliphatic carbocycles. The van der Waals surface area contributed by atoms with E-state index in [4.69, 9.17) is 0 Å². The van der Waals surface area contributed by atoms with E-state index in [0.29, 0.717) is 5.92 Å². The Balaban J connectivity index is 1.81. The molecular weight excluding hydrogens is 337 g/mol. The highest BCUT2D eigenvalue weighted by Crippen LogP contribution is 2.38. The van der Waals surface area contributed by atoms with Crippen LogP contribution in [0.2, 0.25) is 0 Å². The van der Waals surface area contributed by atoms with Gasteiger partial charge < -0.3 is 0 Å². The fraction of sp³-hybridized carbons (Fsp3) is 0.409. The van der Waals surface area contributed by atoms with Crippen molar-refractivity contribution >= 4 is 6.29 Å². The highest BCUT2D eigenvalue weighted by molar-refractivity contribution is 5.78. The first-order chi connectivity index (χ1) is 12.5. The summed E-state index contributed by atoms with van der Waals surface area (Å²) in [5, 5.41) is 0. The van der Waals surface area contributed by atoms with Crippen LogP contribution in [0.15, 0.2) is 30.3 Å². The van der Waals surface area contributed by atoms with Crippen LogP contribution in [0.4, 0.5) is 13.2 Å². The molecular formula is C22H23F3O. The average molecular weight is 360 g/mol. The monoisotopic (exact) mass is 360 g/mol. The molecule has 0 aliphatic heterocycles. The Hall–Kier alpha value is -2.10. The van der Waals surface area contributed by atoms with Gasteiger partial charge >= 0.3 is 0 Å². The maximum absolute atomic E-state index is 14.6. The maximum Gasteiger partial charge on any atom is 0.155 e. The minimum Gasteiger partial charge on any atom is -0.298 e. The molecule has 3 rings (SSSR count). The summed E-state index contributed by atoms with van der Waals surface area (Å²) in [7, 11) is 0. The van der Waals surface area contributed by atoms with Crippen molar-refractivity contribution in [2.75, 3.05) is 0 Å². The Bertz CT molecular complexity index is 769. The van der Waals surface area contributed by atoms with Crippen molar-refractivity contribution in [2.24, 2.45) is 5.92 Å². The zero-order valence-electron chi connectivity index (χ0n) is 14.9. The number of halogens is 3. The molecule has 2 aromatic rings. The molecule has 0 N–H and O–H groups in total. The van der Waals surface area contributed by atoms with E-state index in [0.717, 1.165) is 36.5 Å². The Morgan fingerprint density at radius 3 is 2.15 bits per heavy atom. The van der Waals surface area contributed by atoms with E-state index in [1.165, 1.54) is 31.7 Å². The number of benzene rings is 2. The number of aldehydes is 1. The van der Waals surface area contributed by atoms with E-state index in [1.807, 2.05) is 6.07 Å². The predicted octanol–water partition coefficient (Wildman–Crippen LogP) is 6.66. The molecule has 26 heavy (non-hydrogen) atoms. The van der Waals surface area contributed by atoms with Gasteiger partial charge in [-0.15, -0.1) is 0 Å². The van der Waals surface area contributed by atoms with Crippen molar-refractivity contribution in [3.63, 3.8) is 0 Å². The van der Waals surface area contributed by atoms with Crippen molar-refractivity contribution in [1.29, 1.82) is 0 Å². The number of carbonyl (C=O) groups excluding carboxylic acids is 1. The van der Waals surface area contributed by atoms with Gasteiger partial charge in [-0.1, -0.05) is 31.9 Å². The van der Waals surface area contributed by atoms with Crippen LogP contribution in [-0.2, 0) is 0 Å². The largest absolute Gasteiger partial charge is 0.298 e. The van der Waals surface area contributed by atoms with Gasteiger partial charge in [0.05, 0.1) is 5.56 Å². The molecule has 0 spiro atoms. The van der Waals surface area contributed by atoms with Crippen LogP contribution in [0.5, 0.6) is 0 Å². The molecule has 1 saturated carbocycles. The van der Waals surface area contributed by atoms with Gasteiger partial charge in [0.25, 0.3) is 0 Å². The van der Waals surface area contributed by atoms with Crippen molar-refractivity contribution in [3.05, 3.63) is 58.9 Å².